The first kappa shape index (κ1) is 16.8. The molecule has 1 heterocycles. The number of carbonyl (C=O) groups is 3. The Morgan fingerprint density at radius 2 is 1.81 bits per heavy atom. The maximum atomic E-state index is 12.8. The topological polar surface area (TPSA) is 66.9 Å². The van der Waals surface area contributed by atoms with Crippen LogP contribution in [0.3, 0.4) is 0 Å². The molecular weight excluding hydrogens is 332 g/mol. The normalized spacial score (nSPS) is 28.7. The van der Waals surface area contributed by atoms with Crippen LogP contribution < -0.4 is 9.64 Å². The number of anilines is 1. The predicted molar refractivity (Wildman–Crippen MR) is 95.6 cm³/mol. The van der Waals surface area contributed by atoms with Crippen LogP contribution in [-0.2, 0) is 14.4 Å². The van der Waals surface area contributed by atoms with Gasteiger partial charge in [-0.3, -0.25) is 19.3 Å². The minimum atomic E-state index is -0.309. The fraction of sp³-hybridized carbons (Fsp3) is 0.450. The number of fused-ring (bicyclic) bond motifs is 5. The van der Waals surface area contributed by atoms with Gasteiger partial charge in [-0.1, -0.05) is 18.2 Å². The lowest BCUT2D eigenvalue weighted by Crippen LogP contribution is -2.42. The number of ether oxygens (including phenoxy) is 1. The van der Waals surface area contributed by atoms with Gasteiger partial charge in [-0.2, -0.15) is 0 Å². The van der Waals surface area contributed by atoms with Crippen LogP contribution in [0.25, 0.3) is 0 Å². The quantitative estimate of drug-likeness (QED) is 0.611. The van der Waals surface area contributed by atoms with Gasteiger partial charge < -0.3 is 9.64 Å². The summed E-state index contributed by atoms with van der Waals surface area (Å²) in [5.41, 5.74) is 1.62. The monoisotopic (exact) mass is 354 g/mol. The lowest BCUT2D eigenvalue weighted by atomic mass is 9.85. The summed E-state index contributed by atoms with van der Waals surface area (Å²) in [6.45, 7) is 1.70. The number of imide groups is 1. The van der Waals surface area contributed by atoms with Gasteiger partial charge in [0.2, 0.25) is 17.7 Å². The summed E-state index contributed by atoms with van der Waals surface area (Å²) in [5, 5.41) is 0. The number of carbonyl (C=O) groups excluding carboxylic acids is 3. The molecule has 4 rings (SSSR count). The van der Waals surface area contributed by atoms with E-state index in [9.17, 15) is 14.4 Å². The molecule has 0 N–H and O–H groups in total. The Morgan fingerprint density at radius 1 is 1.19 bits per heavy atom. The predicted octanol–water partition coefficient (Wildman–Crippen LogP) is 1.77. The van der Waals surface area contributed by atoms with Crippen LogP contribution in [0.2, 0.25) is 0 Å². The smallest absolute Gasteiger partial charge is 0.246 e. The number of hydrogen-bond acceptors (Lipinski definition) is 4. The number of rotatable bonds is 4. The van der Waals surface area contributed by atoms with Crippen molar-refractivity contribution >= 4 is 23.4 Å². The van der Waals surface area contributed by atoms with E-state index in [1.165, 1.54) is 4.90 Å². The van der Waals surface area contributed by atoms with Crippen LogP contribution in [-0.4, -0.2) is 43.3 Å². The van der Waals surface area contributed by atoms with Crippen molar-refractivity contribution in [1.29, 1.82) is 0 Å². The van der Waals surface area contributed by atoms with Gasteiger partial charge in [-0.05, 0) is 42.9 Å². The Morgan fingerprint density at radius 3 is 2.38 bits per heavy atom. The second-order valence-corrected chi connectivity index (χ2v) is 7.39. The van der Waals surface area contributed by atoms with Crippen LogP contribution in [0.1, 0.15) is 12.0 Å². The van der Waals surface area contributed by atoms with Crippen molar-refractivity contribution < 1.29 is 19.1 Å². The molecule has 2 aliphatic carbocycles. The van der Waals surface area contributed by atoms with E-state index in [2.05, 4.69) is 0 Å². The van der Waals surface area contributed by atoms with Gasteiger partial charge in [0.25, 0.3) is 0 Å². The zero-order chi connectivity index (χ0) is 18.6. The molecule has 4 atom stereocenters. The molecule has 4 unspecified atom stereocenters. The summed E-state index contributed by atoms with van der Waals surface area (Å²) < 4.78 is 5.33. The third-order valence-corrected chi connectivity index (χ3v) is 5.92. The average molecular weight is 354 g/mol. The molecule has 6 heteroatoms. The third kappa shape index (κ3) is 2.35. The Balaban J connectivity index is 1.53. The summed E-state index contributed by atoms with van der Waals surface area (Å²) in [6.07, 6.45) is 4.98. The van der Waals surface area contributed by atoms with Crippen molar-refractivity contribution in [3.8, 4) is 5.75 Å². The summed E-state index contributed by atoms with van der Waals surface area (Å²) in [6, 6.07) is 5.55. The van der Waals surface area contributed by atoms with Gasteiger partial charge >= 0.3 is 0 Å². The maximum Gasteiger partial charge on any atom is 0.246 e. The number of hydrogen-bond donors (Lipinski definition) is 0. The van der Waals surface area contributed by atoms with Crippen LogP contribution in [0.15, 0.2) is 30.4 Å². The largest absolute Gasteiger partial charge is 0.495 e. The molecule has 0 radical (unpaired) electrons. The molecular formula is C20H22N2O4. The first-order valence-electron chi connectivity index (χ1n) is 8.87. The van der Waals surface area contributed by atoms with E-state index in [0.717, 1.165) is 16.9 Å². The lowest BCUT2D eigenvalue weighted by molar-refractivity contribution is -0.143. The zero-order valence-corrected chi connectivity index (χ0v) is 15.1. The summed E-state index contributed by atoms with van der Waals surface area (Å²) in [7, 11) is 3.18. The number of allylic oxidation sites excluding steroid dienone is 2. The number of aryl methyl sites for hydroxylation is 1. The number of benzene rings is 1. The van der Waals surface area contributed by atoms with Crippen molar-refractivity contribution in [2.45, 2.75) is 13.3 Å². The number of methoxy groups -OCH3 is 1. The Labute approximate surface area is 152 Å². The highest BCUT2D eigenvalue weighted by atomic mass is 16.5. The fourth-order valence-electron chi connectivity index (χ4n) is 4.56. The van der Waals surface area contributed by atoms with Crippen molar-refractivity contribution in [3.63, 3.8) is 0 Å². The lowest BCUT2D eigenvalue weighted by Gasteiger charge is -2.23. The molecule has 1 aromatic rings. The second-order valence-electron chi connectivity index (χ2n) is 7.39. The van der Waals surface area contributed by atoms with Gasteiger partial charge in [0.05, 0.1) is 24.6 Å². The van der Waals surface area contributed by atoms with E-state index in [0.29, 0.717) is 11.4 Å². The van der Waals surface area contributed by atoms with Crippen LogP contribution >= 0.6 is 0 Å². The second kappa shape index (κ2) is 5.97. The minimum Gasteiger partial charge on any atom is -0.495 e. The first-order valence-corrected chi connectivity index (χ1v) is 8.87. The molecule has 1 saturated heterocycles. The van der Waals surface area contributed by atoms with Gasteiger partial charge in [0.15, 0.2) is 0 Å². The van der Waals surface area contributed by atoms with Gasteiger partial charge in [-0.25, -0.2) is 0 Å². The van der Waals surface area contributed by atoms with Crippen LogP contribution in [0.5, 0.6) is 5.75 Å². The SMILES string of the molecule is COc1ccc(C)cc1N(C)C(=O)CN1C(=O)C2C3C=CC(C3)C2C1=O. The van der Waals surface area contributed by atoms with Crippen molar-refractivity contribution in [2.75, 3.05) is 25.6 Å². The maximum absolute atomic E-state index is 12.8. The molecule has 1 saturated carbocycles. The number of likely N-dealkylation sites (N-methyl/N-ethyl adjacent to an activating group) is 1. The average Bonchev–Trinajstić information content (AvgIpc) is 3.31. The van der Waals surface area contributed by atoms with Gasteiger partial charge in [0, 0.05) is 7.05 Å². The third-order valence-electron chi connectivity index (χ3n) is 5.92. The van der Waals surface area contributed by atoms with E-state index < -0.39 is 0 Å². The molecule has 2 bridgehead atoms. The van der Waals surface area contributed by atoms with E-state index in [4.69, 9.17) is 4.74 Å². The first-order chi connectivity index (χ1) is 12.4. The molecule has 6 nitrogen and oxygen atoms in total. The van der Waals surface area contributed by atoms with Crippen molar-refractivity contribution in [2.24, 2.45) is 23.7 Å². The fourth-order valence-corrected chi connectivity index (χ4v) is 4.56. The number of nitrogens with zero attached hydrogens (tertiary/aromatic N) is 2. The van der Waals surface area contributed by atoms with E-state index >= 15 is 0 Å². The molecule has 26 heavy (non-hydrogen) atoms. The number of likely N-dealkylation sites (tertiary alicyclic amines) is 1. The van der Waals surface area contributed by atoms with Crippen LogP contribution in [0.4, 0.5) is 5.69 Å². The zero-order valence-electron chi connectivity index (χ0n) is 15.1. The van der Waals surface area contributed by atoms with Gasteiger partial charge in [-0.15, -0.1) is 0 Å². The summed E-state index contributed by atoms with van der Waals surface area (Å²) >= 11 is 0. The van der Waals surface area contributed by atoms with E-state index in [1.807, 2.05) is 31.2 Å². The number of amides is 3. The highest BCUT2D eigenvalue weighted by molar-refractivity contribution is 6.10. The highest BCUT2D eigenvalue weighted by Crippen LogP contribution is 2.52. The minimum absolute atomic E-state index is 0.149. The molecule has 3 amide bonds. The van der Waals surface area contributed by atoms with Crippen molar-refractivity contribution in [3.05, 3.63) is 35.9 Å². The van der Waals surface area contributed by atoms with Crippen LogP contribution in [0, 0.1) is 30.6 Å². The molecule has 3 aliphatic rings. The van der Waals surface area contributed by atoms with E-state index in [-0.39, 0.29) is 47.9 Å². The van der Waals surface area contributed by atoms with Crippen molar-refractivity contribution in [1.82, 2.24) is 4.90 Å². The summed E-state index contributed by atoms with van der Waals surface area (Å²) in [5.74, 6) is -0.384. The standard InChI is InChI=1S/C20H22N2O4/c1-11-4-7-15(26-3)14(8-11)21(2)16(23)10-22-19(24)17-12-5-6-13(9-12)18(17)20(22)25/h4-8,12-13,17-18H,9-10H2,1-3H3. The van der Waals surface area contributed by atoms with Gasteiger partial charge in [0.1, 0.15) is 12.3 Å². The Hall–Kier alpha value is -2.63. The summed E-state index contributed by atoms with van der Waals surface area (Å²) in [4.78, 5) is 40.9. The molecule has 0 aromatic heterocycles. The Kier molecular flexibility index (Phi) is 3.86. The Bertz CT molecular complexity index is 801. The molecule has 136 valence electrons. The molecule has 2 fully saturated rings. The molecule has 0 spiro atoms. The molecule has 1 aliphatic heterocycles. The highest BCUT2D eigenvalue weighted by Gasteiger charge is 2.59. The molecule has 1 aromatic carbocycles. The van der Waals surface area contributed by atoms with E-state index in [1.54, 1.807) is 20.2 Å².